The maximum absolute atomic E-state index is 5.51. The summed E-state index contributed by atoms with van der Waals surface area (Å²) in [6, 6.07) is 6.71. The van der Waals surface area contributed by atoms with Gasteiger partial charge in [-0.1, -0.05) is 19.1 Å². The molecule has 0 spiro atoms. The van der Waals surface area contributed by atoms with Crippen LogP contribution in [0.15, 0.2) is 18.2 Å². The number of likely N-dealkylation sites (N-methyl/N-ethyl adjacent to an activating group) is 1. The van der Waals surface area contributed by atoms with E-state index in [0.29, 0.717) is 6.04 Å². The Morgan fingerprint density at radius 1 is 1.32 bits per heavy atom. The number of benzene rings is 1. The summed E-state index contributed by atoms with van der Waals surface area (Å²) in [5, 5.41) is 3.43. The minimum Gasteiger partial charge on any atom is -0.493 e. The number of hydrogen-bond acceptors (Lipinski definition) is 4. The molecule has 1 unspecified atom stereocenters. The van der Waals surface area contributed by atoms with Gasteiger partial charge in [0.2, 0.25) is 0 Å². The highest BCUT2D eigenvalue weighted by Gasteiger charge is 2.22. The summed E-state index contributed by atoms with van der Waals surface area (Å²) in [5.41, 5.74) is 1.19. The van der Waals surface area contributed by atoms with Gasteiger partial charge in [0.1, 0.15) is 0 Å². The van der Waals surface area contributed by atoms with Crippen LogP contribution >= 0.6 is 0 Å². The number of methoxy groups -OCH3 is 2. The van der Waals surface area contributed by atoms with Crippen LogP contribution < -0.4 is 14.8 Å². The van der Waals surface area contributed by atoms with E-state index < -0.39 is 0 Å². The van der Waals surface area contributed by atoms with Crippen molar-refractivity contribution in [3.8, 4) is 11.5 Å². The zero-order valence-corrected chi connectivity index (χ0v) is 12.1. The maximum Gasteiger partial charge on any atom is 0.165 e. The Bertz CT molecular complexity index is 403. The molecule has 1 heterocycles. The standard InChI is InChI=1S/C15H24N2O2/c1-4-17(13-8-9-16-10-13)11-12-6-5-7-14(18-2)15(12)19-3/h5-7,13,16H,4,8-11H2,1-3H3. The van der Waals surface area contributed by atoms with Crippen LogP contribution in [0.1, 0.15) is 18.9 Å². The lowest BCUT2D eigenvalue weighted by Crippen LogP contribution is -2.36. The first-order valence-corrected chi connectivity index (χ1v) is 6.94. The minimum atomic E-state index is 0.626. The fraction of sp³-hybridized carbons (Fsp3) is 0.600. The van der Waals surface area contributed by atoms with E-state index in [4.69, 9.17) is 9.47 Å². The van der Waals surface area contributed by atoms with Crippen LogP contribution in [0, 0.1) is 0 Å². The van der Waals surface area contributed by atoms with Crippen LogP contribution in [0.4, 0.5) is 0 Å². The molecule has 0 aliphatic carbocycles. The Morgan fingerprint density at radius 3 is 2.74 bits per heavy atom. The Hall–Kier alpha value is -1.26. The molecule has 0 bridgehead atoms. The van der Waals surface area contributed by atoms with E-state index in [1.807, 2.05) is 12.1 Å². The van der Waals surface area contributed by atoms with Crippen molar-refractivity contribution in [2.75, 3.05) is 33.9 Å². The molecule has 4 nitrogen and oxygen atoms in total. The number of hydrogen-bond donors (Lipinski definition) is 1. The van der Waals surface area contributed by atoms with Gasteiger partial charge in [-0.05, 0) is 25.6 Å². The Balaban J connectivity index is 2.16. The molecule has 0 saturated carbocycles. The highest BCUT2D eigenvalue weighted by molar-refractivity contribution is 5.46. The predicted octanol–water partition coefficient (Wildman–Crippen LogP) is 1.89. The van der Waals surface area contributed by atoms with Crippen LogP contribution in [-0.4, -0.2) is 44.8 Å². The van der Waals surface area contributed by atoms with Gasteiger partial charge in [0.15, 0.2) is 11.5 Å². The van der Waals surface area contributed by atoms with E-state index in [1.54, 1.807) is 14.2 Å². The van der Waals surface area contributed by atoms with Gasteiger partial charge in [-0.15, -0.1) is 0 Å². The molecule has 19 heavy (non-hydrogen) atoms. The monoisotopic (exact) mass is 264 g/mol. The van der Waals surface area contributed by atoms with E-state index in [9.17, 15) is 0 Å². The van der Waals surface area contributed by atoms with E-state index in [0.717, 1.165) is 37.7 Å². The summed E-state index contributed by atoms with van der Waals surface area (Å²) in [4.78, 5) is 2.50. The molecular formula is C15H24N2O2. The smallest absolute Gasteiger partial charge is 0.165 e. The lowest BCUT2D eigenvalue weighted by atomic mass is 10.1. The summed E-state index contributed by atoms with van der Waals surface area (Å²) in [5.74, 6) is 1.66. The third-order valence-electron chi connectivity index (χ3n) is 3.81. The lowest BCUT2D eigenvalue weighted by molar-refractivity contribution is 0.207. The van der Waals surface area contributed by atoms with Crippen molar-refractivity contribution < 1.29 is 9.47 Å². The number of nitrogens with one attached hydrogen (secondary N) is 1. The summed E-state index contributed by atoms with van der Waals surface area (Å²) < 4.78 is 10.9. The van der Waals surface area contributed by atoms with Crippen molar-refractivity contribution in [1.29, 1.82) is 0 Å². The van der Waals surface area contributed by atoms with Crippen molar-refractivity contribution in [3.05, 3.63) is 23.8 Å². The first-order chi connectivity index (χ1) is 9.30. The van der Waals surface area contributed by atoms with Gasteiger partial charge in [-0.2, -0.15) is 0 Å². The van der Waals surface area contributed by atoms with Gasteiger partial charge in [-0.3, -0.25) is 4.90 Å². The van der Waals surface area contributed by atoms with Gasteiger partial charge in [0.25, 0.3) is 0 Å². The topological polar surface area (TPSA) is 33.7 Å². The maximum atomic E-state index is 5.51. The second-order valence-corrected chi connectivity index (χ2v) is 4.86. The van der Waals surface area contributed by atoms with E-state index in [-0.39, 0.29) is 0 Å². The zero-order chi connectivity index (χ0) is 13.7. The third-order valence-corrected chi connectivity index (χ3v) is 3.81. The molecule has 1 aromatic rings. The highest BCUT2D eigenvalue weighted by atomic mass is 16.5. The van der Waals surface area contributed by atoms with Gasteiger partial charge < -0.3 is 14.8 Å². The molecular weight excluding hydrogens is 240 g/mol. The summed E-state index contributed by atoms with van der Waals surface area (Å²) in [6.07, 6.45) is 1.22. The molecule has 1 fully saturated rings. The Morgan fingerprint density at radius 2 is 2.16 bits per heavy atom. The van der Waals surface area contributed by atoms with E-state index in [2.05, 4.69) is 23.2 Å². The lowest BCUT2D eigenvalue weighted by Gasteiger charge is -2.27. The summed E-state index contributed by atoms with van der Waals surface area (Å²) in [6.45, 7) is 6.37. The molecule has 1 aliphatic heterocycles. The van der Waals surface area contributed by atoms with E-state index in [1.165, 1.54) is 12.0 Å². The fourth-order valence-electron chi connectivity index (χ4n) is 2.75. The van der Waals surface area contributed by atoms with Crippen LogP contribution in [0.25, 0.3) is 0 Å². The predicted molar refractivity (Wildman–Crippen MR) is 76.9 cm³/mol. The van der Waals surface area contributed by atoms with Gasteiger partial charge in [0.05, 0.1) is 14.2 Å². The highest BCUT2D eigenvalue weighted by Crippen LogP contribution is 2.32. The van der Waals surface area contributed by atoms with Crippen LogP contribution in [0.5, 0.6) is 11.5 Å². The average molecular weight is 264 g/mol. The first-order valence-electron chi connectivity index (χ1n) is 6.94. The van der Waals surface area contributed by atoms with Gasteiger partial charge >= 0.3 is 0 Å². The average Bonchev–Trinajstić information content (AvgIpc) is 2.98. The zero-order valence-electron chi connectivity index (χ0n) is 12.1. The molecule has 1 saturated heterocycles. The molecule has 1 N–H and O–H groups in total. The van der Waals surface area contributed by atoms with Crippen LogP contribution in [-0.2, 0) is 6.54 Å². The molecule has 1 atom stereocenters. The molecule has 0 amide bonds. The summed E-state index contributed by atoms with van der Waals surface area (Å²) >= 11 is 0. The Labute approximate surface area is 115 Å². The number of para-hydroxylation sites is 1. The molecule has 0 aromatic heterocycles. The second-order valence-electron chi connectivity index (χ2n) is 4.86. The molecule has 1 aliphatic rings. The number of ether oxygens (including phenoxy) is 2. The molecule has 0 radical (unpaired) electrons. The van der Waals surface area contributed by atoms with Gasteiger partial charge in [0, 0.05) is 24.7 Å². The molecule has 1 aromatic carbocycles. The molecule has 2 rings (SSSR count). The van der Waals surface area contributed by atoms with Crippen molar-refractivity contribution in [1.82, 2.24) is 10.2 Å². The largest absolute Gasteiger partial charge is 0.493 e. The number of nitrogens with zero attached hydrogens (tertiary/aromatic N) is 1. The summed E-state index contributed by atoms with van der Waals surface area (Å²) in [7, 11) is 3.38. The third kappa shape index (κ3) is 3.19. The van der Waals surface area contributed by atoms with Crippen LogP contribution in [0.3, 0.4) is 0 Å². The van der Waals surface area contributed by atoms with Crippen LogP contribution in [0.2, 0.25) is 0 Å². The fourth-order valence-corrected chi connectivity index (χ4v) is 2.75. The van der Waals surface area contributed by atoms with Gasteiger partial charge in [-0.25, -0.2) is 0 Å². The quantitative estimate of drug-likeness (QED) is 0.850. The Kier molecular flexibility index (Phi) is 5.05. The minimum absolute atomic E-state index is 0.626. The first kappa shape index (κ1) is 14.2. The molecule has 106 valence electrons. The van der Waals surface area contributed by atoms with Crippen molar-refractivity contribution in [3.63, 3.8) is 0 Å². The second kappa shape index (κ2) is 6.78. The van der Waals surface area contributed by atoms with Crippen molar-refractivity contribution in [2.45, 2.75) is 25.9 Å². The normalized spacial score (nSPS) is 18.8. The molecule has 4 heteroatoms. The van der Waals surface area contributed by atoms with Crippen molar-refractivity contribution >= 4 is 0 Å². The van der Waals surface area contributed by atoms with E-state index >= 15 is 0 Å². The van der Waals surface area contributed by atoms with Crippen molar-refractivity contribution in [2.24, 2.45) is 0 Å². The number of rotatable bonds is 6. The SMILES string of the molecule is CCN(Cc1cccc(OC)c1OC)C1CCNC1.